The van der Waals surface area contributed by atoms with E-state index in [4.69, 9.17) is 10.6 Å². The molecule has 0 aliphatic rings. The van der Waals surface area contributed by atoms with Crippen molar-refractivity contribution in [1.82, 2.24) is 5.48 Å². The zero-order chi connectivity index (χ0) is 3.41. The fraction of sp³-hybridized carbons (Fsp3) is 0. The molecule has 0 saturated carbocycles. The second kappa shape index (κ2) is 8.91. The van der Waals surface area contributed by atoms with Crippen LogP contribution < -0.4 is 5.48 Å². The van der Waals surface area contributed by atoms with Gasteiger partial charge in [0.15, 0.2) is 0 Å². The van der Waals surface area contributed by atoms with Crippen molar-refractivity contribution in [3.05, 3.63) is 0 Å². The van der Waals surface area contributed by atoms with Crippen LogP contribution in [0.5, 0.6) is 0 Å². The van der Waals surface area contributed by atoms with Crippen molar-refractivity contribution >= 4 is 57.7 Å². The third-order valence-electron chi connectivity index (χ3n) is 0.0645. The second-order valence-corrected chi connectivity index (χ2v) is 0.273. The van der Waals surface area contributed by atoms with Gasteiger partial charge >= 0.3 is 51.4 Å². The van der Waals surface area contributed by atoms with Crippen molar-refractivity contribution < 1.29 is 5.21 Å². The fourth-order valence-corrected chi connectivity index (χ4v) is 0. The summed E-state index contributed by atoms with van der Waals surface area (Å²) in [6.45, 7) is 0. The quantitative estimate of drug-likeness (QED) is 0.170. The van der Waals surface area contributed by atoms with Gasteiger partial charge in [-0.2, -0.15) is 0 Å². The molecule has 0 aromatic carbocycles. The molecule has 0 rings (SSSR count). The molecule has 0 fully saturated rings. The van der Waals surface area contributed by atoms with Crippen molar-refractivity contribution in [1.29, 1.82) is 5.41 Å². The van der Waals surface area contributed by atoms with E-state index in [0.29, 0.717) is 6.34 Å². The Kier molecular flexibility index (Phi) is 16.8. The van der Waals surface area contributed by atoms with Crippen LogP contribution in [0.2, 0.25) is 0 Å². The minimum atomic E-state index is 0. The van der Waals surface area contributed by atoms with Crippen LogP contribution in [0, 0.1) is 5.41 Å². The molecule has 0 heterocycles. The first-order valence-electron chi connectivity index (χ1n) is 0.801. The molecule has 0 unspecified atom stereocenters. The number of rotatable bonds is 1. The molecule has 0 amide bonds. The Labute approximate surface area is 72.6 Å². The monoisotopic (exact) mass is 100 g/mol. The van der Waals surface area contributed by atoms with E-state index in [0.717, 1.165) is 0 Å². The van der Waals surface area contributed by atoms with E-state index in [1.54, 1.807) is 0 Å². The van der Waals surface area contributed by atoms with Gasteiger partial charge in [0.2, 0.25) is 0 Å². The SMILES string of the molecule is N=CNO.[KH]. The van der Waals surface area contributed by atoms with Gasteiger partial charge < -0.3 is 0 Å². The predicted molar refractivity (Wildman–Crippen MR) is 20.9 cm³/mol. The molecule has 0 radical (unpaired) electrons. The maximum atomic E-state index is 7.38. The Bertz CT molecular complexity index is 23.6. The van der Waals surface area contributed by atoms with Crippen LogP contribution in [-0.4, -0.2) is 62.9 Å². The second-order valence-electron chi connectivity index (χ2n) is 0.273. The standard InChI is InChI=1S/CH4N2O.K.H/c2-1-3-4;;/h1,4H,(H2,2,3);;. The molecule has 4 heteroatoms. The van der Waals surface area contributed by atoms with Gasteiger partial charge in [0.05, 0.1) is 0 Å². The summed E-state index contributed by atoms with van der Waals surface area (Å²) < 4.78 is 0. The summed E-state index contributed by atoms with van der Waals surface area (Å²) in [6.07, 6.45) is 0.681. The van der Waals surface area contributed by atoms with Crippen LogP contribution in [0.1, 0.15) is 0 Å². The van der Waals surface area contributed by atoms with Gasteiger partial charge in [0.1, 0.15) is 6.34 Å². The summed E-state index contributed by atoms with van der Waals surface area (Å²) in [5, 5.41) is 13.3. The zero-order valence-electron chi connectivity index (χ0n) is 2.02. The van der Waals surface area contributed by atoms with E-state index in [-0.39, 0.29) is 51.4 Å². The topological polar surface area (TPSA) is 56.1 Å². The van der Waals surface area contributed by atoms with Gasteiger partial charge in [-0.15, -0.1) is 0 Å². The molecule has 0 saturated heterocycles. The average Bonchev–Trinajstić information content (AvgIpc) is 1.37. The third kappa shape index (κ3) is 11.2. The molecular formula is CH5KN2O. The normalized spacial score (nSPS) is 4.20. The summed E-state index contributed by atoms with van der Waals surface area (Å²) in [5.74, 6) is 0. The van der Waals surface area contributed by atoms with E-state index >= 15 is 0 Å². The average molecular weight is 100 g/mol. The van der Waals surface area contributed by atoms with E-state index < -0.39 is 0 Å². The Morgan fingerprint density at radius 1 is 1.80 bits per heavy atom. The summed E-state index contributed by atoms with van der Waals surface area (Å²) in [7, 11) is 0. The first kappa shape index (κ1) is 9.42. The van der Waals surface area contributed by atoms with Gasteiger partial charge in [-0.1, -0.05) is 0 Å². The number of hydrogen-bond donors (Lipinski definition) is 3. The molecule has 5 heavy (non-hydrogen) atoms. The Hall–Kier alpha value is 1.07. The van der Waals surface area contributed by atoms with Gasteiger partial charge in [-0.3, -0.25) is 16.1 Å². The minimum absolute atomic E-state index is 0. The van der Waals surface area contributed by atoms with E-state index in [2.05, 4.69) is 0 Å². The predicted octanol–water partition coefficient (Wildman–Crippen LogP) is -1.08. The van der Waals surface area contributed by atoms with E-state index in [1.807, 2.05) is 0 Å². The van der Waals surface area contributed by atoms with Gasteiger partial charge in [-0.05, 0) is 0 Å². The van der Waals surface area contributed by atoms with Crippen molar-refractivity contribution in [2.45, 2.75) is 0 Å². The number of hydroxylamine groups is 1. The molecule has 3 N–H and O–H groups in total. The van der Waals surface area contributed by atoms with E-state index in [1.165, 1.54) is 5.48 Å². The first-order valence-corrected chi connectivity index (χ1v) is 0.801. The number of nitrogens with one attached hydrogen (secondary N) is 2. The van der Waals surface area contributed by atoms with Gasteiger partial charge in [0, 0.05) is 0 Å². The molecule has 0 spiro atoms. The number of hydrogen-bond acceptors (Lipinski definition) is 2. The molecule has 0 aliphatic heterocycles. The van der Waals surface area contributed by atoms with Crippen LogP contribution in [0.3, 0.4) is 0 Å². The van der Waals surface area contributed by atoms with Crippen LogP contribution in [0.25, 0.3) is 0 Å². The molecule has 0 aromatic heterocycles. The van der Waals surface area contributed by atoms with Crippen molar-refractivity contribution in [2.75, 3.05) is 0 Å². The summed E-state index contributed by atoms with van der Waals surface area (Å²) in [4.78, 5) is 0. The zero-order valence-corrected chi connectivity index (χ0v) is 2.02. The third-order valence-corrected chi connectivity index (χ3v) is 0.0645. The molecule has 0 aromatic rings. The molecule has 0 bridgehead atoms. The molecule has 0 atom stereocenters. The maximum absolute atomic E-state index is 7.38. The molecular weight excluding hydrogens is 95.1 g/mol. The Morgan fingerprint density at radius 2 is 2.00 bits per heavy atom. The van der Waals surface area contributed by atoms with Gasteiger partial charge in [-0.25, -0.2) is 0 Å². The first-order chi connectivity index (χ1) is 1.91. The Morgan fingerprint density at radius 3 is 2.00 bits per heavy atom. The summed E-state index contributed by atoms with van der Waals surface area (Å²) >= 11 is 0. The molecule has 0 aliphatic carbocycles. The molecule has 26 valence electrons. The van der Waals surface area contributed by atoms with Crippen molar-refractivity contribution in [2.24, 2.45) is 0 Å². The van der Waals surface area contributed by atoms with Crippen LogP contribution in [0.15, 0.2) is 0 Å². The van der Waals surface area contributed by atoms with E-state index in [9.17, 15) is 0 Å². The molecule has 3 nitrogen and oxygen atoms in total. The summed E-state index contributed by atoms with van der Waals surface area (Å²) in [5.41, 5.74) is 1.47. The van der Waals surface area contributed by atoms with Crippen LogP contribution in [-0.2, 0) is 0 Å². The van der Waals surface area contributed by atoms with Crippen LogP contribution >= 0.6 is 0 Å². The van der Waals surface area contributed by atoms with Gasteiger partial charge in [0.25, 0.3) is 0 Å². The summed E-state index contributed by atoms with van der Waals surface area (Å²) in [6, 6.07) is 0. The van der Waals surface area contributed by atoms with Crippen molar-refractivity contribution in [3.8, 4) is 0 Å². The van der Waals surface area contributed by atoms with Crippen molar-refractivity contribution in [3.63, 3.8) is 0 Å². The fourth-order valence-electron chi connectivity index (χ4n) is 0. The van der Waals surface area contributed by atoms with Crippen LogP contribution in [0.4, 0.5) is 0 Å². The Balaban J connectivity index is 0.